The highest BCUT2D eigenvalue weighted by Gasteiger charge is 2.37. The van der Waals surface area contributed by atoms with Gasteiger partial charge < -0.3 is 29.7 Å². The van der Waals surface area contributed by atoms with Crippen molar-refractivity contribution in [1.29, 1.82) is 0 Å². The van der Waals surface area contributed by atoms with Gasteiger partial charge in [0, 0.05) is 25.2 Å². The number of fused-ring (bicyclic) bond motifs is 4. The van der Waals surface area contributed by atoms with E-state index in [4.69, 9.17) is 14.2 Å². The van der Waals surface area contributed by atoms with E-state index in [1.807, 2.05) is 52.1 Å². The number of pyridine rings is 1. The molecule has 1 aliphatic carbocycles. The van der Waals surface area contributed by atoms with Crippen molar-refractivity contribution < 1.29 is 23.8 Å². The summed E-state index contributed by atoms with van der Waals surface area (Å²) >= 11 is 1.64. The first-order valence-electron chi connectivity index (χ1n) is 16.4. The summed E-state index contributed by atoms with van der Waals surface area (Å²) in [5.74, 6) is 2.59. The average molecular weight is 687 g/mol. The molecule has 0 saturated carbocycles. The van der Waals surface area contributed by atoms with Gasteiger partial charge in [0.1, 0.15) is 6.04 Å². The minimum Gasteiger partial charge on any atom is -0.493 e. The first-order chi connectivity index (χ1) is 23.8. The van der Waals surface area contributed by atoms with Crippen molar-refractivity contribution in [2.24, 2.45) is 0 Å². The lowest BCUT2D eigenvalue weighted by Crippen LogP contribution is -2.44. The molecular weight excluding hydrogens is 644 g/mol. The summed E-state index contributed by atoms with van der Waals surface area (Å²) in [7, 11) is 4.69. The second-order valence-corrected chi connectivity index (χ2v) is 13.2. The monoisotopic (exact) mass is 686 g/mol. The third-order valence-electron chi connectivity index (χ3n) is 9.33. The number of benzene rings is 1. The maximum atomic E-state index is 14.3. The molecule has 3 heterocycles. The molecule has 49 heavy (non-hydrogen) atoms. The molecule has 13 heteroatoms. The van der Waals surface area contributed by atoms with Crippen molar-refractivity contribution >= 4 is 34.9 Å². The first-order valence-corrected chi connectivity index (χ1v) is 17.8. The summed E-state index contributed by atoms with van der Waals surface area (Å²) in [5.41, 5.74) is 3.81. The number of amides is 2. The number of rotatable bonds is 11. The number of carbonyl (C=O) groups is 2. The van der Waals surface area contributed by atoms with E-state index < -0.39 is 12.1 Å². The largest absolute Gasteiger partial charge is 0.493 e. The smallest absolute Gasteiger partial charge is 0.245 e. The second kappa shape index (κ2) is 14.8. The zero-order chi connectivity index (χ0) is 34.7. The molecule has 1 saturated heterocycles. The lowest BCUT2D eigenvalue weighted by molar-refractivity contribution is -0.133. The van der Waals surface area contributed by atoms with E-state index in [-0.39, 0.29) is 23.3 Å². The van der Waals surface area contributed by atoms with Crippen molar-refractivity contribution in [3.8, 4) is 28.4 Å². The summed E-state index contributed by atoms with van der Waals surface area (Å²) in [6, 6.07) is 11.5. The minimum absolute atomic E-state index is 0.0864. The van der Waals surface area contributed by atoms with Crippen LogP contribution in [0.15, 0.2) is 53.5 Å². The molecule has 1 fully saturated rings. The predicted molar refractivity (Wildman–Crippen MR) is 190 cm³/mol. The molecule has 0 spiro atoms. The Kier molecular flexibility index (Phi) is 10.3. The van der Waals surface area contributed by atoms with Gasteiger partial charge in [-0.2, -0.15) is 11.8 Å². The van der Waals surface area contributed by atoms with Gasteiger partial charge in [-0.1, -0.05) is 12.1 Å². The van der Waals surface area contributed by atoms with Crippen LogP contribution in [-0.4, -0.2) is 77.2 Å². The quantitative estimate of drug-likeness (QED) is 0.226. The van der Waals surface area contributed by atoms with Crippen molar-refractivity contribution in [2.75, 3.05) is 45.2 Å². The van der Waals surface area contributed by atoms with Crippen LogP contribution in [0.1, 0.15) is 61.6 Å². The van der Waals surface area contributed by atoms with Gasteiger partial charge in [-0.15, -0.1) is 10.2 Å². The predicted octanol–water partition coefficient (Wildman–Crippen LogP) is 4.80. The molecule has 6 rings (SSSR count). The Morgan fingerprint density at radius 2 is 1.86 bits per heavy atom. The zero-order valence-corrected chi connectivity index (χ0v) is 29.3. The summed E-state index contributed by atoms with van der Waals surface area (Å²) < 4.78 is 19.2. The van der Waals surface area contributed by atoms with E-state index in [9.17, 15) is 14.4 Å². The fourth-order valence-electron chi connectivity index (χ4n) is 7.09. The van der Waals surface area contributed by atoms with Gasteiger partial charge >= 0.3 is 0 Å². The molecule has 2 aliphatic rings. The first kappa shape index (κ1) is 34.1. The van der Waals surface area contributed by atoms with Crippen molar-refractivity contribution in [3.05, 3.63) is 75.8 Å². The normalized spacial score (nSPS) is 17.4. The van der Waals surface area contributed by atoms with Gasteiger partial charge in [-0.05, 0) is 91.1 Å². The van der Waals surface area contributed by atoms with E-state index >= 15 is 0 Å². The third-order valence-corrected chi connectivity index (χ3v) is 9.97. The van der Waals surface area contributed by atoms with Crippen LogP contribution in [0, 0.1) is 0 Å². The lowest BCUT2D eigenvalue weighted by Gasteiger charge is -2.29. The molecule has 2 amide bonds. The van der Waals surface area contributed by atoms with Crippen LogP contribution in [0.4, 0.5) is 5.69 Å². The SMILES string of the molecule is COc1cc2c(c(OC)c1OC)-c1ccc(NC(CCSC)C(=O)N3CCCC3c3nnc4ccccn34)c(=O)cc1C(NC(C)=O)CC2. The van der Waals surface area contributed by atoms with Gasteiger partial charge in [0.05, 0.1) is 39.1 Å². The number of anilines is 1. The molecule has 2 N–H and O–H groups in total. The van der Waals surface area contributed by atoms with Crippen LogP contribution in [0.25, 0.3) is 16.8 Å². The minimum atomic E-state index is -0.653. The van der Waals surface area contributed by atoms with Gasteiger partial charge in [0.15, 0.2) is 23.0 Å². The molecule has 0 bridgehead atoms. The van der Waals surface area contributed by atoms with Crippen LogP contribution < -0.4 is 30.3 Å². The number of likely N-dealkylation sites (tertiary alicyclic amines) is 1. The number of carbonyl (C=O) groups excluding carboxylic acids is 2. The fourth-order valence-corrected chi connectivity index (χ4v) is 7.57. The molecule has 258 valence electrons. The highest BCUT2D eigenvalue weighted by molar-refractivity contribution is 7.98. The molecule has 4 aromatic rings. The highest BCUT2D eigenvalue weighted by atomic mass is 32.2. The van der Waals surface area contributed by atoms with Crippen LogP contribution in [0.2, 0.25) is 0 Å². The number of hydrogen-bond donors (Lipinski definition) is 2. The van der Waals surface area contributed by atoms with E-state index in [1.54, 1.807) is 45.2 Å². The number of thioether (sulfide) groups is 1. The number of methoxy groups -OCH3 is 3. The molecule has 3 unspecified atom stereocenters. The Labute approximate surface area is 289 Å². The summed E-state index contributed by atoms with van der Waals surface area (Å²) in [6.45, 7) is 2.05. The topological polar surface area (TPSA) is 136 Å². The van der Waals surface area contributed by atoms with Crippen molar-refractivity contribution in [1.82, 2.24) is 24.8 Å². The summed E-state index contributed by atoms with van der Waals surface area (Å²) in [4.78, 5) is 42.7. The third kappa shape index (κ3) is 6.63. The zero-order valence-electron chi connectivity index (χ0n) is 28.4. The molecule has 2 aromatic heterocycles. The maximum Gasteiger partial charge on any atom is 0.245 e. The Hall–Kier alpha value is -4.78. The summed E-state index contributed by atoms with van der Waals surface area (Å²) in [5, 5.41) is 15.2. The van der Waals surface area contributed by atoms with Gasteiger partial charge in [-0.25, -0.2) is 0 Å². The van der Waals surface area contributed by atoms with Crippen LogP contribution in [0.3, 0.4) is 0 Å². The van der Waals surface area contributed by atoms with E-state index in [2.05, 4.69) is 20.8 Å². The molecule has 3 atom stereocenters. The molecular formula is C36H42N6O6S. The molecule has 12 nitrogen and oxygen atoms in total. The second-order valence-electron chi connectivity index (χ2n) is 12.3. The number of nitrogens with one attached hydrogen (secondary N) is 2. The van der Waals surface area contributed by atoms with Gasteiger partial charge in [0.25, 0.3) is 0 Å². The molecule has 2 aromatic carbocycles. The molecule has 1 aliphatic heterocycles. The van der Waals surface area contributed by atoms with E-state index in [0.29, 0.717) is 54.3 Å². The Bertz CT molecular complexity index is 1930. The highest BCUT2D eigenvalue weighted by Crippen LogP contribution is 2.50. The number of nitrogens with zero attached hydrogens (tertiary/aromatic N) is 4. The lowest BCUT2D eigenvalue weighted by atomic mass is 9.95. The number of aryl methyl sites for hydroxylation is 1. The Balaban J connectivity index is 1.41. The number of ether oxygens (including phenoxy) is 3. The Morgan fingerprint density at radius 1 is 1.04 bits per heavy atom. The Morgan fingerprint density at radius 3 is 2.59 bits per heavy atom. The van der Waals surface area contributed by atoms with Crippen molar-refractivity contribution in [2.45, 2.75) is 57.2 Å². The van der Waals surface area contributed by atoms with Crippen LogP contribution in [-0.2, 0) is 16.0 Å². The number of hydrogen-bond acceptors (Lipinski definition) is 10. The number of aromatic nitrogens is 3. The average Bonchev–Trinajstić information content (AvgIpc) is 3.70. The standard InChI is InChI=1S/C36H42N6O6S/c1-21(43)37-25-13-11-22-19-30(46-2)33(47-3)34(48-4)32(22)23-12-14-26(29(44)20-24(23)25)38-27(15-18-49-5)36(45)41-17-8-9-28(41)35-40-39-31-10-6-7-16-42(31)35/h6-7,10,12,14,16,19-20,25,27-28H,8-9,11,13,15,17-18H2,1-5H3,(H,37,43)(H,38,44). The summed E-state index contributed by atoms with van der Waals surface area (Å²) in [6.07, 6.45) is 7.19. The maximum absolute atomic E-state index is 14.3. The fraction of sp³-hybridized carbons (Fsp3) is 0.417. The molecule has 0 radical (unpaired) electrons. The van der Waals surface area contributed by atoms with Gasteiger partial charge in [-0.3, -0.25) is 18.8 Å². The van der Waals surface area contributed by atoms with Crippen LogP contribution >= 0.6 is 11.8 Å². The van der Waals surface area contributed by atoms with Gasteiger partial charge in [0.2, 0.25) is 23.0 Å². The van der Waals surface area contributed by atoms with E-state index in [0.717, 1.165) is 46.8 Å². The van der Waals surface area contributed by atoms with E-state index in [1.165, 1.54) is 6.92 Å². The van der Waals surface area contributed by atoms with Crippen LogP contribution in [0.5, 0.6) is 17.2 Å². The van der Waals surface area contributed by atoms with Crippen molar-refractivity contribution in [3.63, 3.8) is 0 Å².